The lowest BCUT2D eigenvalue weighted by Gasteiger charge is -2.23. The highest BCUT2D eigenvalue weighted by molar-refractivity contribution is 7.99. The molecule has 0 unspecified atom stereocenters. The summed E-state index contributed by atoms with van der Waals surface area (Å²) in [5, 5.41) is 32.0. The number of likely N-dealkylation sites (tertiary alicyclic amines) is 2. The topological polar surface area (TPSA) is 314 Å². The fourth-order valence-electron chi connectivity index (χ4n) is 12.1. The van der Waals surface area contributed by atoms with Crippen LogP contribution in [0.2, 0.25) is 0 Å². The molecular weight excluding hydrogens is 1390 g/mol. The molecule has 2 saturated heterocycles. The standard InChI is InChI=1S/2C25H27N7O2S.C25H20N6OS2/c2*1-34-15-19-8-5-12-32(19)13-10-21(33)29-20-14-18(9-11-26-20)25-30-22(17-6-3-2-4-7-17)23(35-25)24-27-16-28-31-24;32-21(12-14-33-19-9-5-2-6-10-19)29-20-15-18(11-13-26-20)25-30-22(17-7-3-1-4-8-17)23(34-25)24-27-16-28-31-24/h2*2-4,6-7,9,11,14,16,19H,5,8,10,12-13,15H2,1H3,(H,26,29,33)(H,27,28,31);1-11,13,15-16H,12,14H2,(H,26,29,32)(H,27,28,31)/t2*19-;/m10./s1. The molecule has 4 aromatic carbocycles. The number of ether oxygens (including phenoxy) is 2. The van der Waals surface area contributed by atoms with Crippen LogP contribution in [-0.4, -0.2) is 174 Å². The molecule has 0 spiro atoms. The Kier molecular flexibility index (Phi) is 24.7. The van der Waals surface area contributed by atoms with E-state index in [0.717, 1.165) is 124 Å². The van der Waals surface area contributed by atoms with Crippen LogP contribution in [0.25, 0.3) is 97.6 Å². The Morgan fingerprint density at radius 2 is 0.798 bits per heavy atom. The van der Waals surface area contributed by atoms with E-state index < -0.39 is 0 Å². The molecule has 9 aromatic heterocycles. The van der Waals surface area contributed by atoms with Crippen molar-refractivity contribution in [3.63, 3.8) is 0 Å². The van der Waals surface area contributed by atoms with Crippen LogP contribution < -0.4 is 16.0 Å². The van der Waals surface area contributed by atoms with E-state index in [2.05, 4.69) is 86.2 Å². The number of benzene rings is 4. The summed E-state index contributed by atoms with van der Waals surface area (Å²) in [5.41, 5.74) is 8.12. The van der Waals surface area contributed by atoms with Gasteiger partial charge in [0.2, 0.25) is 17.7 Å². The van der Waals surface area contributed by atoms with Gasteiger partial charge in [0.15, 0.2) is 17.5 Å². The summed E-state index contributed by atoms with van der Waals surface area (Å²) in [5.74, 6) is 4.06. The van der Waals surface area contributed by atoms with E-state index in [9.17, 15) is 14.4 Å². The average molecular weight is 1460 g/mol. The highest BCUT2D eigenvalue weighted by Crippen LogP contribution is 2.43. The van der Waals surface area contributed by atoms with Gasteiger partial charge in [0.05, 0.1) is 44.9 Å². The Labute approximate surface area is 616 Å². The van der Waals surface area contributed by atoms with Crippen molar-refractivity contribution in [1.82, 2.24) is 85.2 Å². The molecule has 25 nitrogen and oxygen atoms in total. The van der Waals surface area contributed by atoms with Crippen molar-refractivity contribution in [2.45, 2.75) is 61.9 Å². The maximum atomic E-state index is 12.6. The van der Waals surface area contributed by atoms with E-state index in [4.69, 9.17) is 24.4 Å². The molecule has 15 rings (SSSR count). The minimum Gasteiger partial charge on any atom is -0.383 e. The molecule has 6 N–H and O–H groups in total. The molecule has 13 aromatic rings. The molecule has 2 atom stereocenters. The number of thioether (sulfide) groups is 1. The first-order chi connectivity index (χ1) is 51.2. The van der Waals surface area contributed by atoms with Gasteiger partial charge in [0.25, 0.3) is 0 Å². The number of rotatable bonds is 26. The van der Waals surface area contributed by atoms with E-state index in [0.29, 0.717) is 98.3 Å². The molecule has 0 aliphatic carbocycles. The third-order valence-electron chi connectivity index (χ3n) is 17.0. The predicted octanol–water partition coefficient (Wildman–Crippen LogP) is 14.0. The van der Waals surface area contributed by atoms with Crippen LogP contribution in [0.1, 0.15) is 44.9 Å². The largest absolute Gasteiger partial charge is 0.383 e. The SMILES string of the molecule is COC[C@@H]1CCCN1CCC(=O)Nc1cc(-c2nc(-c3ccccc3)c(-c3ncn[nH]3)s2)ccn1.COC[C@H]1CCCN1CCC(=O)Nc1cc(-c2nc(-c3ccccc3)c(-c3ncn[nH]3)s2)ccn1.O=C(CCSc1ccccc1)Nc1cc(-c2nc(-c3ccccc3)c(-c3ncn[nH]3)s2)ccn1. The highest BCUT2D eigenvalue weighted by atomic mass is 32.2. The summed E-state index contributed by atoms with van der Waals surface area (Å²) < 4.78 is 10.6. The monoisotopic (exact) mass is 1460 g/mol. The molecule has 3 amide bonds. The van der Waals surface area contributed by atoms with E-state index in [-0.39, 0.29) is 17.7 Å². The van der Waals surface area contributed by atoms with Gasteiger partial charge in [-0.05, 0) is 87.3 Å². The van der Waals surface area contributed by atoms with Crippen molar-refractivity contribution < 1.29 is 23.9 Å². The summed E-state index contributed by atoms with van der Waals surface area (Å²) in [6, 6.07) is 52.0. The first-order valence-corrected chi connectivity index (χ1v) is 37.3. The van der Waals surface area contributed by atoms with Gasteiger partial charge in [0.1, 0.15) is 51.5 Å². The molecule has 0 saturated carbocycles. The Hall–Kier alpha value is -10.8. The number of thiazole rings is 3. The lowest BCUT2D eigenvalue weighted by atomic mass is 10.1. The summed E-state index contributed by atoms with van der Waals surface area (Å²) in [6.45, 7) is 4.87. The molecule has 2 aliphatic heterocycles. The second-order valence-electron chi connectivity index (χ2n) is 24.1. The third kappa shape index (κ3) is 18.9. The van der Waals surface area contributed by atoms with E-state index >= 15 is 0 Å². The molecule has 11 heterocycles. The smallest absolute Gasteiger partial charge is 0.226 e. The molecule has 104 heavy (non-hydrogen) atoms. The zero-order valence-electron chi connectivity index (χ0n) is 57.0. The maximum Gasteiger partial charge on any atom is 0.226 e. The molecule has 0 bridgehead atoms. The molecule has 0 radical (unpaired) electrons. The maximum absolute atomic E-state index is 12.6. The van der Waals surface area contributed by atoms with Gasteiger partial charge in [0, 0.05) is 121 Å². The Balaban J connectivity index is 0.000000139. The van der Waals surface area contributed by atoms with Crippen LogP contribution in [-0.2, 0) is 23.9 Å². The van der Waals surface area contributed by atoms with E-state index in [1.54, 1.807) is 44.6 Å². The van der Waals surface area contributed by atoms with Gasteiger partial charge < -0.3 is 25.4 Å². The second-order valence-corrected chi connectivity index (χ2v) is 28.3. The van der Waals surface area contributed by atoms with Crippen molar-refractivity contribution >= 4 is 80.9 Å². The van der Waals surface area contributed by atoms with Gasteiger partial charge in [-0.3, -0.25) is 39.5 Å². The Morgan fingerprint density at radius 3 is 1.13 bits per heavy atom. The number of methoxy groups -OCH3 is 2. The number of pyridine rings is 3. The Morgan fingerprint density at radius 1 is 0.452 bits per heavy atom. The lowest BCUT2D eigenvalue weighted by molar-refractivity contribution is -0.117. The van der Waals surface area contributed by atoms with Gasteiger partial charge >= 0.3 is 0 Å². The van der Waals surface area contributed by atoms with Gasteiger partial charge in [-0.2, -0.15) is 15.3 Å². The van der Waals surface area contributed by atoms with Crippen molar-refractivity contribution in [1.29, 1.82) is 0 Å². The second kappa shape index (κ2) is 35.9. The first-order valence-electron chi connectivity index (χ1n) is 33.9. The molecular formula is C75H74N20O5S4. The summed E-state index contributed by atoms with van der Waals surface area (Å²) >= 11 is 6.21. The normalized spacial score (nSPS) is 14.3. The van der Waals surface area contributed by atoms with Crippen LogP contribution in [0.15, 0.2) is 200 Å². The summed E-state index contributed by atoms with van der Waals surface area (Å²) in [6.07, 6.45) is 15.3. The van der Waals surface area contributed by atoms with E-state index in [1.807, 2.05) is 158 Å². The number of carbonyl (C=O) groups is 3. The van der Waals surface area contributed by atoms with Crippen molar-refractivity contribution in [3.05, 3.63) is 195 Å². The van der Waals surface area contributed by atoms with Crippen molar-refractivity contribution in [2.24, 2.45) is 0 Å². The molecule has 29 heteroatoms. The number of amides is 3. The van der Waals surface area contributed by atoms with Gasteiger partial charge in [-0.25, -0.2) is 44.9 Å². The number of H-pyrrole nitrogens is 3. The number of nitrogens with one attached hydrogen (secondary N) is 6. The zero-order valence-corrected chi connectivity index (χ0v) is 60.2. The van der Waals surface area contributed by atoms with E-state index in [1.165, 1.54) is 53.0 Å². The molecule has 528 valence electrons. The number of hydrogen-bond acceptors (Lipinski definition) is 23. The van der Waals surface area contributed by atoms with Crippen molar-refractivity contribution in [3.8, 4) is 97.6 Å². The number of hydrogen-bond donors (Lipinski definition) is 6. The first kappa shape index (κ1) is 71.6. The van der Waals surface area contributed by atoms with Crippen LogP contribution in [0.4, 0.5) is 17.5 Å². The predicted molar refractivity (Wildman–Crippen MR) is 408 cm³/mol. The van der Waals surface area contributed by atoms with Crippen LogP contribution in [0.5, 0.6) is 0 Å². The number of carbonyl (C=O) groups excluding carboxylic acids is 3. The number of aromatic amines is 3. The van der Waals surface area contributed by atoms with Crippen LogP contribution in [0.3, 0.4) is 0 Å². The number of anilines is 3. The van der Waals surface area contributed by atoms with Gasteiger partial charge in [-0.1, -0.05) is 109 Å². The molecule has 2 fully saturated rings. The summed E-state index contributed by atoms with van der Waals surface area (Å²) in [4.78, 5) is 87.0. The lowest BCUT2D eigenvalue weighted by Crippen LogP contribution is -2.35. The minimum absolute atomic E-state index is 0.0517. The fraction of sp³-hybridized carbons (Fsp3) is 0.240. The number of nitrogens with zero attached hydrogens (tertiary/aromatic N) is 14. The fourth-order valence-corrected chi connectivity index (χ4v) is 16.0. The third-order valence-corrected chi connectivity index (χ3v) is 21.4. The quantitative estimate of drug-likeness (QED) is 0.0274. The van der Waals surface area contributed by atoms with Crippen LogP contribution in [0, 0.1) is 0 Å². The van der Waals surface area contributed by atoms with Crippen molar-refractivity contribution in [2.75, 3.05) is 75.3 Å². The average Bonchev–Trinajstić information content (AvgIpc) is 1.66. The highest BCUT2D eigenvalue weighted by Gasteiger charge is 2.27. The van der Waals surface area contributed by atoms with Gasteiger partial charge in [-0.15, -0.1) is 45.8 Å². The van der Waals surface area contributed by atoms with Crippen LogP contribution >= 0.6 is 45.8 Å². The minimum atomic E-state index is -0.0699. The summed E-state index contributed by atoms with van der Waals surface area (Å²) in [7, 11) is 3.45. The Bertz CT molecular complexity index is 4660. The number of aromatic nitrogens is 15. The zero-order chi connectivity index (χ0) is 71.2. The molecule has 2 aliphatic rings.